The number of quaternary nitrogens is 1. The molecule has 0 radical (unpaired) electrons. The molecular weight excluding hydrogens is 320 g/mol. The fourth-order valence-corrected chi connectivity index (χ4v) is 4.29. The van der Waals surface area contributed by atoms with E-state index in [-0.39, 0.29) is 5.91 Å². The molecule has 0 atom stereocenters. The fraction of sp³-hybridized carbons (Fsp3) is 0.435. The molecule has 1 aliphatic heterocycles. The smallest absolute Gasteiger partial charge is 0.251 e. The maximum Gasteiger partial charge on any atom is 0.251 e. The molecule has 4 rings (SSSR count). The zero-order valence-electron chi connectivity index (χ0n) is 15.5. The van der Waals surface area contributed by atoms with E-state index in [2.05, 4.69) is 41.7 Å². The van der Waals surface area contributed by atoms with Crippen LogP contribution in [0, 0.1) is 0 Å². The van der Waals surface area contributed by atoms with Gasteiger partial charge in [-0.25, -0.2) is 0 Å². The number of nitrogens with one attached hydrogen (secondary N) is 2. The summed E-state index contributed by atoms with van der Waals surface area (Å²) in [6, 6.07) is 14.9. The summed E-state index contributed by atoms with van der Waals surface area (Å²) in [5, 5.41) is 3.06. The normalized spacial score (nSPS) is 17.1. The van der Waals surface area contributed by atoms with Crippen molar-refractivity contribution in [3.63, 3.8) is 0 Å². The van der Waals surface area contributed by atoms with Crippen LogP contribution in [0.1, 0.15) is 58.3 Å². The summed E-state index contributed by atoms with van der Waals surface area (Å²) >= 11 is 0. The van der Waals surface area contributed by atoms with Gasteiger partial charge in [-0.1, -0.05) is 30.3 Å². The van der Waals surface area contributed by atoms with E-state index < -0.39 is 0 Å². The molecule has 2 aromatic carbocycles. The van der Waals surface area contributed by atoms with Gasteiger partial charge in [-0.15, -0.1) is 0 Å². The summed E-state index contributed by atoms with van der Waals surface area (Å²) in [6.07, 6.45) is 7.60. The summed E-state index contributed by atoms with van der Waals surface area (Å²) in [5.41, 5.74) is 6.11. The lowest BCUT2D eigenvalue weighted by Crippen LogP contribution is -3.11. The van der Waals surface area contributed by atoms with Crippen molar-refractivity contribution >= 4 is 5.91 Å². The van der Waals surface area contributed by atoms with Crippen LogP contribution in [-0.2, 0) is 25.9 Å². The Bertz CT molecular complexity index is 760. The average Bonchev–Trinajstić information content (AvgIpc) is 3.16. The Balaban J connectivity index is 1.30. The van der Waals surface area contributed by atoms with Crippen LogP contribution in [0.25, 0.3) is 0 Å². The Morgan fingerprint density at radius 2 is 1.58 bits per heavy atom. The van der Waals surface area contributed by atoms with E-state index in [0.717, 1.165) is 30.5 Å². The Morgan fingerprint density at radius 3 is 2.38 bits per heavy atom. The molecule has 0 bridgehead atoms. The van der Waals surface area contributed by atoms with E-state index in [0.29, 0.717) is 6.54 Å². The van der Waals surface area contributed by atoms with Crippen molar-refractivity contribution in [1.29, 1.82) is 0 Å². The number of likely N-dealkylation sites (tertiary alicyclic amines) is 1. The molecule has 0 saturated carbocycles. The minimum atomic E-state index is 0.0292. The molecule has 0 aromatic heterocycles. The van der Waals surface area contributed by atoms with E-state index in [1.54, 1.807) is 4.90 Å². The highest BCUT2D eigenvalue weighted by atomic mass is 16.1. The first-order chi connectivity index (χ1) is 12.8. The van der Waals surface area contributed by atoms with E-state index in [1.807, 2.05) is 6.07 Å². The second-order valence-electron chi connectivity index (χ2n) is 7.82. The van der Waals surface area contributed by atoms with Crippen molar-refractivity contribution in [2.24, 2.45) is 0 Å². The summed E-state index contributed by atoms with van der Waals surface area (Å²) in [6.45, 7) is 4.33. The van der Waals surface area contributed by atoms with Gasteiger partial charge in [0.1, 0.15) is 6.54 Å². The molecular formula is C23H29N2O+. The van der Waals surface area contributed by atoms with Crippen LogP contribution in [0.5, 0.6) is 0 Å². The minimum Gasteiger partial charge on any atom is -0.348 e. The van der Waals surface area contributed by atoms with Crippen molar-refractivity contribution in [3.05, 3.63) is 70.3 Å². The molecule has 1 aliphatic carbocycles. The van der Waals surface area contributed by atoms with Crippen molar-refractivity contribution in [2.75, 3.05) is 13.1 Å². The monoisotopic (exact) mass is 349 g/mol. The van der Waals surface area contributed by atoms with E-state index in [9.17, 15) is 4.79 Å². The molecule has 2 aliphatic rings. The average molecular weight is 349 g/mol. The Hall–Kier alpha value is -2.13. The first-order valence-corrected chi connectivity index (χ1v) is 10.1. The van der Waals surface area contributed by atoms with E-state index >= 15 is 0 Å². The molecule has 3 heteroatoms. The standard InChI is InChI=1S/C23H28N2O/c26-23(22-12-11-20-5-4-6-21(20)15-22)24-16-18-7-9-19(10-8-18)17-25-13-2-1-3-14-25/h7-12,15H,1-6,13-14,16-17H2,(H,24,26)/p+1. The maximum atomic E-state index is 12.4. The van der Waals surface area contributed by atoms with Crippen LogP contribution in [0.15, 0.2) is 42.5 Å². The van der Waals surface area contributed by atoms with Crippen molar-refractivity contribution in [1.82, 2.24) is 5.32 Å². The third kappa shape index (κ3) is 4.16. The molecule has 1 fully saturated rings. The van der Waals surface area contributed by atoms with Gasteiger partial charge in [-0.3, -0.25) is 4.79 Å². The second-order valence-corrected chi connectivity index (χ2v) is 7.82. The molecule has 2 N–H and O–H groups in total. The number of hydrogen-bond acceptors (Lipinski definition) is 1. The van der Waals surface area contributed by atoms with Gasteiger partial charge < -0.3 is 10.2 Å². The highest BCUT2D eigenvalue weighted by Crippen LogP contribution is 2.22. The third-order valence-corrected chi connectivity index (χ3v) is 5.85. The summed E-state index contributed by atoms with van der Waals surface area (Å²) in [7, 11) is 0. The fourth-order valence-electron chi connectivity index (χ4n) is 4.29. The number of carbonyl (C=O) groups excluding carboxylic acids is 1. The predicted octanol–water partition coefficient (Wildman–Crippen LogP) is 2.67. The molecule has 2 aromatic rings. The van der Waals surface area contributed by atoms with E-state index in [1.165, 1.54) is 55.5 Å². The van der Waals surface area contributed by atoms with Gasteiger partial charge in [-0.05, 0) is 67.3 Å². The lowest BCUT2D eigenvalue weighted by molar-refractivity contribution is -0.918. The number of amides is 1. The Labute approximate surface area is 156 Å². The zero-order chi connectivity index (χ0) is 17.8. The minimum absolute atomic E-state index is 0.0292. The zero-order valence-corrected chi connectivity index (χ0v) is 15.5. The van der Waals surface area contributed by atoms with E-state index in [4.69, 9.17) is 0 Å². The molecule has 1 heterocycles. The number of benzene rings is 2. The summed E-state index contributed by atoms with van der Waals surface area (Å²) in [5.74, 6) is 0.0292. The number of piperidine rings is 1. The van der Waals surface area contributed by atoms with Crippen LogP contribution in [0.2, 0.25) is 0 Å². The van der Waals surface area contributed by atoms with Crippen LogP contribution in [0.3, 0.4) is 0 Å². The van der Waals surface area contributed by atoms with Gasteiger partial charge in [0.15, 0.2) is 0 Å². The number of fused-ring (bicyclic) bond motifs is 1. The van der Waals surface area contributed by atoms with Crippen LogP contribution in [0.4, 0.5) is 0 Å². The van der Waals surface area contributed by atoms with Crippen LogP contribution in [-0.4, -0.2) is 19.0 Å². The molecule has 26 heavy (non-hydrogen) atoms. The predicted molar refractivity (Wildman–Crippen MR) is 104 cm³/mol. The van der Waals surface area contributed by atoms with Crippen LogP contribution >= 0.6 is 0 Å². The summed E-state index contributed by atoms with van der Waals surface area (Å²) < 4.78 is 0. The number of hydrogen-bond donors (Lipinski definition) is 2. The van der Waals surface area contributed by atoms with Crippen molar-refractivity contribution in [2.45, 2.75) is 51.6 Å². The van der Waals surface area contributed by atoms with Gasteiger partial charge in [0.25, 0.3) is 5.91 Å². The first kappa shape index (κ1) is 17.3. The topological polar surface area (TPSA) is 33.5 Å². The molecule has 1 amide bonds. The maximum absolute atomic E-state index is 12.4. The molecule has 136 valence electrons. The second kappa shape index (κ2) is 8.05. The number of carbonyl (C=O) groups is 1. The SMILES string of the molecule is O=C(NCc1ccc(C[NH+]2CCCCC2)cc1)c1ccc2c(c1)CCC2. The van der Waals surface area contributed by atoms with Gasteiger partial charge in [-0.2, -0.15) is 0 Å². The Morgan fingerprint density at radius 1 is 0.846 bits per heavy atom. The third-order valence-electron chi connectivity index (χ3n) is 5.85. The van der Waals surface area contributed by atoms with Gasteiger partial charge >= 0.3 is 0 Å². The molecule has 3 nitrogen and oxygen atoms in total. The largest absolute Gasteiger partial charge is 0.348 e. The van der Waals surface area contributed by atoms with Crippen molar-refractivity contribution < 1.29 is 9.69 Å². The quantitative estimate of drug-likeness (QED) is 0.855. The Kier molecular flexibility index (Phi) is 5.35. The highest BCUT2D eigenvalue weighted by Gasteiger charge is 2.15. The van der Waals surface area contributed by atoms with Gasteiger partial charge in [0.05, 0.1) is 13.1 Å². The lowest BCUT2D eigenvalue weighted by Gasteiger charge is -2.23. The van der Waals surface area contributed by atoms with Crippen molar-refractivity contribution in [3.8, 4) is 0 Å². The molecule has 0 spiro atoms. The summed E-state index contributed by atoms with van der Waals surface area (Å²) in [4.78, 5) is 14.1. The van der Waals surface area contributed by atoms with Crippen LogP contribution < -0.4 is 10.2 Å². The van der Waals surface area contributed by atoms with Gasteiger partial charge in [0.2, 0.25) is 0 Å². The first-order valence-electron chi connectivity index (χ1n) is 10.1. The molecule has 0 unspecified atom stereocenters. The number of aryl methyl sites for hydroxylation is 2. The molecule has 1 saturated heterocycles. The lowest BCUT2D eigenvalue weighted by atomic mass is 10.1. The number of rotatable bonds is 5. The van der Waals surface area contributed by atoms with Gasteiger partial charge in [0, 0.05) is 17.7 Å². The highest BCUT2D eigenvalue weighted by molar-refractivity contribution is 5.94.